The molecule has 0 bridgehead atoms. The van der Waals surface area contributed by atoms with Crippen LogP contribution >= 0.6 is 0 Å². The van der Waals surface area contributed by atoms with Crippen molar-refractivity contribution in [1.82, 2.24) is 5.32 Å². The van der Waals surface area contributed by atoms with Gasteiger partial charge in [-0.25, -0.2) is 0 Å². The molecule has 0 saturated carbocycles. The van der Waals surface area contributed by atoms with Crippen LogP contribution in [0.25, 0.3) is 0 Å². The number of aliphatic imine (C=N–C) groups is 1. The van der Waals surface area contributed by atoms with Crippen molar-refractivity contribution in [2.45, 2.75) is 44.9 Å². The van der Waals surface area contributed by atoms with Gasteiger partial charge < -0.3 is 4.74 Å². The van der Waals surface area contributed by atoms with Crippen LogP contribution in [0.1, 0.15) is 44.4 Å². The molecule has 138 valence electrons. The molecule has 0 amide bonds. The van der Waals surface area contributed by atoms with Crippen molar-refractivity contribution in [2.75, 3.05) is 6.26 Å². The van der Waals surface area contributed by atoms with Crippen LogP contribution < -0.4 is 10.1 Å². The van der Waals surface area contributed by atoms with Crippen molar-refractivity contribution in [1.29, 1.82) is 10.5 Å². The van der Waals surface area contributed by atoms with Gasteiger partial charge in [0.15, 0.2) is 6.19 Å². The number of amidine groups is 1. The monoisotopic (exact) mass is 376 g/mol. The third kappa shape index (κ3) is 4.31. The molecule has 9 heteroatoms. The Labute approximate surface area is 153 Å². The Morgan fingerprint density at radius 3 is 2.65 bits per heavy atom. The van der Waals surface area contributed by atoms with Gasteiger partial charge in [-0.2, -0.15) is 18.9 Å². The fourth-order valence-corrected chi connectivity index (χ4v) is 3.48. The van der Waals surface area contributed by atoms with Crippen LogP contribution in [0, 0.1) is 22.8 Å². The molecule has 1 aromatic rings. The number of hydrogen-bond acceptors (Lipinski definition) is 7. The smallest absolute Gasteiger partial charge is 0.264 e. The molecular formula is C17H20N4O4S. The molecule has 1 heterocycles. The van der Waals surface area contributed by atoms with E-state index in [1.54, 1.807) is 32.0 Å². The summed E-state index contributed by atoms with van der Waals surface area (Å²) in [4.78, 5) is 4.53. The van der Waals surface area contributed by atoms with Crippen molar-refractivity contribution < 1.29 is 17.3 Å². The van der Waals surface area contributed by atoms with Gasteiger partial charge in [0.2, 0.25) is 0 Å². The van der Waals surface area contributed by atoms with Gasteiger partial charge in [-0.15, -0.1) is 0 Å². The Balaban J connectivity index is 2.68. The number of nitriles is 2. The second kappa shape index (κ2) is 7.32. The minimum Gasteiger partial charge on any atom is -0.485 e. The number of ether oxygens (including phenoxy) is 1. The van der Waals surface area contributed by atoms with Gasteiger partial charge in [0, 0.05) is 12.0 Å². The predicted molar refractivity (Wildman–Crippen MR) is 94.8 cm³/mol. The van der Waals surface area contributed by atoms with Crippen LogP contribution in [-0.4, -0.2) is 32.2 Å². The zero-order valence-electron chi connectivity index (χ0n) is 15.0. The van der Waals surface area contributed by atoms with E-state index >= 15 is 0 Å². The maximum absolute atomic E-state index is 11.8. The van der Waals surface area contributed by atoms with Crippen LogP contribution in [-0.2, 0) is 14.3 Å². The highest BCUT2D eigenvalue weighted by Crippen LogP contribution is 2.44. The molecule has 0 unspecified atom stereocenters. The Bertz CT molecular complexity index is 910. The molecule has 0 fully saturated rings. The van der Waals surface area contributed by atoms with E-state index in [2.05, 4.69) is 10.3 Å². The van der Waals surface area contributed by atoms with Crippen molar-refractivity contribution in [3.05, 3.63) is 29.3 Å². The molecule has 1 aliphatic rings. The minimum absolute atomic E-state index is 0.380. The number of benzene rings is 1. The zero-order chi connectivity index (χ0) is 19.5. The maximum Gasteiger partial charge on any atom is 0.264 e. The first-order valence-electron chi connectivity index (χ1n) is 7.94. The number of fused-ring (bicyclic) bond motifs is 1. The first-order valence-corrected chi connectivity index (χ1v) is 9.76. The molecule has 0 spiro atoms. The second-order valence-electron chi connectivity index (χ2n) is 6.40. The van der Waals surface area contributed by atoms with Gasteiger partial charge in [0.25, 0.3) is 10.1 Å². The number of rotatable bonds is 4. The maximum atomic E-state index is 11.8. The highest BCUT2D eigenvalue weighted by Gasteiger charge is 2.47. The summed E-state index contributed by atoms with van der Waals surface area (Å²) in [5.74, 6) is 0.870. The number of nitrogens with one attached hydrogen (secondary N) is 1. The molecule has 2 atom stereocenters. The highest BCUT2D eigenvalue weighted by molar-refractivity contribution is 7.86. The summed E-state index contributed by atoms with van der Waals surface area (Å²) < 4.78 is 34.8. The fourth-order valence-electron chi connectivity index (χ4n) is 2.77. The van der Waals surface area contributed by atoms with E-state index in [9.17, 15) is 13.7 Å². The van der Waals surface area contributed by atoms with Crippen LogP contribution in [0.3, 0.4) is 0 Å². The molecule has 0 radical (unpaired) electrons. The van der Waals surface area contributed by atoms with E-state index in [-0.39, 0.29) is 0 Å². The first-order chi connectivity index (χ1) is 12.1. The summed E-state index contributed by atoms with van der Waals surface area (Å²) in [6, 6.07) is 6.13. The van der Waals surface area contributed by atoms with Crippen LogP contribution in [0.2, 0.25) is 0 Å². The van der Waals surface area contributed by atoms with Gasteiger partial charge in [0.05, 0.1) is 17.9 Å². The average Bonchev–Trinajstić information content (AvgIpc) is 2.55. The quantitative estimate of drug-likeness (QED) is 0.280. The molecule has 1 aliphatic heterocycles. The Morgan fingerprint density at radius 1 is 1.42 bits per heavy atom. The van der Waals surface area contributed by atoms with Gasteiger partial charge in [-0.05, 0) is 32.0 Å². The molecule has 2 rings (SSSR count). The summed E-state index contributed by atoms with van der Waals surface area (Å²) in [5, 5.41) is 20.6. The molecule has 26 heavy (non-hydrogen) atoms. The third-order valence-corrected chi connectivity index (χ3v) is 4.47. The Hall–Kier alpha value is -2.62. The third-order valence-electron chi connectivity index (χ3n) is 3.91. The number of hydrogen-bond donors (Lipinski definition) is 1. The number of nitrogens with zero attached hydrogens (tertiary/aromatic N) is 3. The second-order valence-corrected chi connectivity index (χ2v) is 8.00. The largest absolute Gasteiger partial charge is 0.485 e. The molecule has 0 aliphatic carbocycles. The van der Waals surface area contributed by atoms with Gasteiger partial charge >= 0.3 is 0 Å². The lowest BCUT2D eigenvalue weighted by molar-refractivity contribution is -0.0387. The summed E-state index contributed by atoms with van der Waals surface area (Å²) in [6.45, 7) is 5.22. The minimum atomic E-state index is -3.80. The lowest BCUT2D eigenvalue weighted by Gasteiger charge is -2.42. The van der Waals surface area contributed by atoms with Crippen LogP contribution in [0.4, 0.5) is 0 Å². The summed E-state index contributed by atoms with van der Waals surface area (Å²) in [6.07, 6.45) is 2.24. The van der Waals surface area contributed by atoms with Gasteiger partial charge in [-0.1, -0.05) is 6.92 Å². The van der Waals surface area contributed by atoms with E-state index in [4.69, 9.17) is 14.2 Å². The topological polar surface area (TPSA) is 125 Å². The normalized spacial score (nSPS) is 21.7. The fraction of sp³-hybridized carbons (Fsp3) is 0.471. The SMILES string of the molecule is CCC(=N[C@H]1c2cc(C#N)ccc2OC(C)(C)[C@@H]1OS(C)(=O)=O)NC#N. The van der Waals surface area contributed by atoms with E-state index in [0.29, 0.717) is 29.1 Å². The summed E-state index contributed by atoms with van der Waals surface area (Å²) in [5.41, 5.74) is -0.0939. The van der Waals surface area contributed by atoms with E-state index in [0.717, 1.165) is 6.26 Å². The van der Waals surface area contributed by atoms with Crippen LogP contribution in [0.5, 0.6) is 5.75 Å². The molecular weight excluding hydrogens is 356 g/mol. The zero-order valence-corrected chi connectivity index (χ0v) is 15.8. The summed E-state index contributed by atoms with van der Waals surface area (Å²) in [7, 11) is -3.80. The lowest BCUT2D eigenvalue weighted by atomic mass is 9.86. The average molecular weight is 376 g/mol. The van der Waals surface area contributed by atoms with Gasteiger partial charge in [0.1, 0.15) is 29.3 Å². The summed E-state index contributed by atoms with van der Waals surface area (Å²) >= 11 is 0. The van der Waals surface area contributed by atoms with E-state index in [1.807, 2.05) is 19.2 Å². The van der Waals surface area contributed by atoms with Crippen molar-refractivity contribution >= 4 is 16.0 Å². The van der Waals surface area contributed by atoms with Crippen molar-refractivity contribution in [3.63, 3.8) is 0 Å². The predicted octanol–water partition coefficient (Wildman–Crippen LogP) is 1.99. The van der Waals surface area contributed by atoms with E-state index in [1.165, 1.54) is 0 Å². The molecule has 0 saturated heterocycles. The first kappa shape index (κ1) is 19.7. The van der Waals surface area contributed by atoms with E-state index < -0.39 is 27.9 Å². The van der Waals surface area contributed by atoms with Crippen molar-refractivity contribution in [2.24, 2.45) is 4.99 Å². The Morgan fingerprint density at radius 2 is 2.12 bits per heavy atom. The Kier molecular flexibility index (Phi) is 5.55. The van der Waals surface area contributed by atoms with Crippen LogP contribution in [0.15, 0.2) is 23.2 Å². The molecule has 1 N–H and O–H groups in total. The molecule has 1 aromatic carbocycles. The van der Waals surface area contributed by atoms with Crippen molar-refractivity contribution in [3.8, 4) is 18.0 Å². The molecule has 0 aromatic heterocycles. The highest BCUT2D eigenvalue weighted by atomic mass is 32.2. The standard InChI is InChI=1S/C17H20N4O4S/c1-5-14(20-10-19)21-15-12-8-11(9-18)6-7-13(12)24-17(2,3)16(15)25-26(4,22)23/h6-8,15-16H,5H2,1-4H3,(H,20,21)/t15-,16+/m0/s1. The molecule has 8 nitrogen and oxygen atoms in total. The lowest BCUT2D eigenvalue weighted by Crippen LogP contribution is -2.51. The van der Waals surface area contributed by atoms with Gasteiger partial charge in [-0.3, -0.25) is 14.5 Å².